The number of fused-ring (bicyclic) bond motifs is 1. The molecule has 3 rings (SSSR count). The van der Waals surface area contributed by atoms with Gasteiger partial charge in [-0.1, -0.05) is 6.08 Å². The van der Waals surface area contributed by atoms with E-state index in [2.05, 4.69) is 10.6 Å². The quantitative estimate of drug-likeness (QED) is 0.787. The Kier molecular flexibility index (Phi) is 4.29. The van der Waals surface area contributed by atoms with E-state index in [1.54, 1.807) is 12.1 Å². The Hall–Kier alpha value is -2.41. The first kappa shape index (κ1) is 15.5. The van der Waals surface area contributed by atoms with Gasteiger partial charge in [0.2, 0.25) is 0 Å². The molecule has 1 amide bonds. The molecule has 0 aromatic heterocycles. The first-order chi connectivity index (χ1) is 11.0. The topological polar surface area (TPSA) is 87.7 Å². The minimum absolute atomic E-state index is 0.107. The zero-order chi connectivity index (χ0) is 16.4. The summed E-state index contributed by atoms with van der Waals surface area (Å²) < 4.78 is 19.2. The van der Waals surface area contributed by atoms with Crippen molar-refractivity contribution >= 4 is 17.6 Å². The molecule has 0 radical (unpaired) electrons. The van der Waals surface area contributed by atoms with Gasteiger partial charge in [0.15, 0.2) is 6.61 Å². The van der Waals surface area contributed by atoms with Gasteiger partial charge in [-0.2, -0.15) is 0 Å². The molecule has 23 heavy (non-hydrogen) atoms. The number of ether oxygens (including phenoxy) is 1. The zero-order valence-electron chi connectivity index (χ0n) is 12.4. The number of hydrogen-bond acceptors (Lipinski definition) is 4. The molecule has 1 aliphatic heterocycles. The van der Waals surface area contributed by atoms with Crippen LogP contribution in [-0.2, 0) is 16.1 Å². The van der Waals surface area contributed by atoms with Crippen LogP contribution in [0.3, 0.4) is 0 Å². The van der Waals surface area contributed by atoms with Crippen molar-refractivity contribution in [3.63, 3.8) is 0 Å². The van der Waals surface area contributed by atoms with Gasteiger partial charge in [0, 0.05) is 29.8 Å². The van der Waals surface area contributed by atoms with E-state index < -0.39 is 11.8 Å². The van der Waals surface area contributed by atoms with Crippen molar-refractivity contribution in [3.8, 4) is 5.75 Å². The molecule has 1 aromatic carbocycles. The third-order valence-corrected chi connectivity index (χ3v) is 4.05. The maximum atomic E-state index is 14.1. The van der Waals surface area contributed by atoms with Crippen molar-refractivity contribution in [2.75, 3.05) is 11.9 Å². The van der Waals surface area contributed by atoms with E-state index in [0.29, 0.717) is 48.4 Å². The largest absolute Gasteiger partial charge is 0.481 e. The maximum Gasteiger partial charge on any atom is 0.331 e. The summed E-state index contributed by atoms with van der Waals surface area (Å²) in [4.78, 5) is 22.2. The van der Waals surface area contributed by atoms with Crippen LogP contribution in [0.5, 0.6) is 5.75 Å². The number of anilines is 1. The number of amides is 1. The van der Waals surface area contributed by atoms with Gasteiger partial charge in [0.1, 0.15) is 11.6 Å². The Morgan fingerprint density at radius 1 is 1.48 bits per heavy atom. The number of benzene rings is 1. The van der Waals surface area contributed by atoms with E-state index in [-0.39, 0.29) is 18.6 Å². The number of carboxylic acid groups (broad SMARTS) is 1. The molecule has 7 heteroatoms. The van der Waals surface area contributed by atoms with Gasteiger partial charge in [0.25, 0.3) is 5.91 Å². The average molecular weight is 320 g/mol. The molecule has 2 aliphatic rings. The molecule has 1 aromatic rings. The number of nitrogens with one attached hydrogen (secondary N) is 2. The van der Waals surface area contributed by atoms with Gasteiger partial charge in [0.05, 0.1) is 5.69 Å². The van der Waals surface area contributed by atoms with E-state index in [4.69, 9.17) is 9.84 Å². The minimum Gasteiger partial charge on any atom is -0.481 e. The monoisotopic (exact) mass is 320 g/mol. The average Bonchev–Trinajstić information content (AvgIpc) is 2.53. The van der Waals surface area contributed by atoms with Crippen molar-refractivity contribution in [3.05, 3.63) is 35.2 Å². The standard InChI is InChI=1S/C16H17FN2O4/c17-12-6-14-13(19-15(20)8-23-14)5-10(12)7-18-11-3-1-9(2-4-11)16(21)22/h1,5-6,11,18H,2-4,7-8H2,(H,19,20)(H,21,22). The molecule has 0 bridgehead atoms. The number of carbonyl (C=O) groups excluding carboxylic acids is 1. The summed E-state index contributed by atoms with van der Waals surface area (Å²) in [5, 5.41) is 14.8. The number of carboxylic acids is 1. The highest BCUT2D eigenvalue weighted by Crippen LogP contribution is 2.30. The second-order valence-corrected chi connectivity index (χ2v) is 5.66. The predicted molar refractivity (Wildman–Crippen MR) is 80.7 cm³/mol. The Bertz CT molecular complexity index is 687. The molecule has 0 spiro atoms. The Morgan fingerprint density at radius 3 is 3.00 bits per heavy atom. The van der Waals surface area contributed by atoms with E-state index in [1.807, 2.05) is 0 Å². The molecule has 1 atom stereocenters. The molecule has 3 N–H and O–H groups in total. The summed E-state index contributed by atoms with van der Waals surface area (Å²) in [6.07, 6.45) is 3.52. The Balaban J connectivity index is 1.64. The first-order valence-corrected chi connectivity index (χ1v) is 7.43. The molecular formula is C16H17FN2O4. The van der Waals surface area contributed by atoms with E-state index >= 15 is 0 Å². The zero-order valence-corrected chi connectivity index (χ0v) is 12.4. The van der Waals surface area contributed by atoms with Crippen LogP contribution in [0.4, 0.5) is 10.1 Å². The Morgan fingerprint density at radius 2 is 2.30 bits per heavy atom. The fourth-order valence-corrected chi connectivity index (χ4v) is 2.75. The summed E-state index contributed by atoms with van der Waals surface area (Å²) in [6, 6.07) is 2.95. The second-order valence-electron chi connectivity index (χ2n) is 5.66. The molecule has 6 nitrogen and oxygen atoms in total. The predicted octanol–water partition coefficient (Wildman–Crippen LogP) is 1.81. The van der Waals surface area contributed by atoms with Crippen LogP contribution in [0.25, 0.3) is 0 Å². The third kappa shape index (κ3) is 3.50. The normalized spacial score (nSPS) is 20.1. The van der Waals surface area contributed by atoms with Gasteiger partial charge in [-0.25, -0.2) is 9.18 Å². The number of aliphatic carboxylic acids is 1. The lowest BCUT2D eigenvalue weighted by Gasteiger charge is -2.23. The highest BCUT2D eigenvalue weighted by molar-refractivity contribution is 5.95. The molecule has 0 saturated heterocycles. The molecule has 0 saturated carbocycles. The van der Waals surface area contributed by atoms with Gasteiger partial charge in [-0.3, -0.25) is 4.79 Å². The third-order valence-electron chi connectivity index (χ3n) is 4.05. The van der Waals surface area contributed by atoms with Crippen LogP contribution < -0.4 is 15.4 Å². The summed E-state index contributed by atoms with van der Waals surface area (Å²) >= 11 is 0. The number of hydrogen-bond donors (Lipinski definition) is 3. The maximum absolute atomic E-state index is 14.1. The lowest BCUT2D eigenvalue weighted by molar-refractivity contribution is -0.133. The van der Waals surface area contributed by atoms with Crippen LogP contribution in [0, 0.1) is 5.82 Å². The minimum atomic E-state index is -0.875. The van der Waals surface area contributed by atoms with Gasteiger partial charge in [-0.05, 0) is 25.3 Å². The van der Waals surface area contributed by atoms with Gasteiger partial charge >= 0.3 is 5.97 Å². The fourth-order valence-electron chi connectivity index (χ4n) is 2.75. The Labute approximate surface area is 132 Å². The van der Waals surface area contributed by atoms with Gasteiger partial charge in [-0.15, -0.1) is 0 Å². The van der Waals surface area contributed by atoms with Crippen molar-refractivity contribution in [1.82, 2.24) is 5.32 Å². The molecule has 1 unspecified atom stereocenters. The molecule has 0 fully saturated rings. The summed E-state index contributed by atoms with van der Waals surface area (Å²) in [7, 11) is 0. The van der Waals surface area contributed by atoms with Crippen molar-refractivity contribution < 1.29 is 23.8 Å². The highest BCUT2D eigenvalue weighted by Gasteiger charge is 2.21. The van der Waals surface area contributed by atoms with Crippen LogP contribution in [0.1, 0.15) is 24.8 Å². The summed E-state index contributed by atoms with van der Waals surface area (Å²) in [5.41, 5.74) is 1.33. The van der Waals surface area contributed by atoms with Crippen LogP contribution in [0.2, 0.25) is 0 Å². The molecule has 122 valence electrons. The van der Waals surface area contributed by atoms with Crippen LogP contribution in [-0.4, -0.2) is 29.6 Å². The molecule has 1 aliphatic carbocycles. The van der Waals surface area contributed by atoms with Crippen molar-refractivity contribution in [2.24, 2.45) is 0 Å². The van der Waals surface area contributed by atoms with E-state index in [1.165, 1.54) is 6.07 Å². The number of halogens is 1. The SMILES string of the molecule is O=C1COc2cc(F)c(CNC3CC=C(C(=O)O)CC3)cc2N1. The molecular weight excluding hydrogens is 303 g/mol. The van der Waals surface area contributed by atoms with Crippen molar-refractivity contribution in [1.29, 1.82) is 0 Å². The highest BCUT2D eigenvalue weighted by atomic mass is 19.1. The van der Waals surface area contributed by atoms with Crippen LogP contribution in [0.15, 0.2) is 23.8 Å². The van der Waals surface area contributed by atoms with Gasteiger partial charge < -0.3 is 20.5 Å². The lowest BCUT2D eigenvalue weighted by Crippen LogP contribution is -2.31. The van der Waals surface area contributed by atoms with Crippen molar-refractivity contribution in [2.45, 2.75) is 31.8 Å². The van der Waals surface area contributed by atoms with E-state index in [9.17, 15) is 14.0 Å². The number of carbonyl (C=O) groups is 2. The second kappa shape index (κ2) is 6.37. The number of rotatable bonds is 4. The molecule has 1 heterocycles. The smallest absolute Gasteiger partial charge is 0.331 e. The lowest BCUT2D eigenvalue weighted by atomic mass is 9.95. The first-order valence-electron chi connectivity index (χ1n) is 7.43. The van der Waals surface area contributed by atoms with Crippen LogP contribution >= 0.6 is 0 Å². The summed E-state index contributed by atoms with van der Waals surface area (Å²) in [6.45, 7) is 0.195. The summed E-state index contributed by atoms with van der Waals surface area (Å²) in [5.74, 6) is -1.20. The van der Waals surface area contributed by atoms with E-state index in [0.717, 1.165) is 0 Å². The fraction of sp³-hybridized carbons (Fsp3) is 0.375.